The number of nitrogens with zero attached hydrogens (tertiary/aromatic N) is 6. The van der Waals surface area contributed by atoms with Crippen LogP contribution < -0.4 is 11.1 Å². The molecule has 0 amide bonds. The maximum absolute atomic E-state index is 5.95. The number of rotatable bonds is 8. The molecule has 200 valence electrons. The van der Waals surface area contributed by atoms with Crippen LogP contribution in [0.5, 0.6) is 0 Å². The third-order valence-electron chi connectivity index (χ3n) is 7.06. The number of benzene rings is 2. The van der Waals surface area contributed by atoms with E-state index in [1.807, 2.05) is 43.5 Å². The van der Waals surface area contributed by atoms with Gasteiger partial charge in [0, 0.05) is 68.9 Å². The standard InChI is InChI=1S/C31H36N8/c1-5-14-33-19-25(18-32)23-8-6-7-22(16-23)17-27-31-26(36-39(27)4)11-10-24-20-34-28(12-9-21(2)30(24)31)35-29-13-15-38(3)37-29/h6-8,10-13,15-16,18-21H,5,9,14,17,32H2,1-4H3,(H,35,37)/b25-18?,28-12-,33-19?,34-20-. The van der Waals surface area contributed by atoms with E-state index in [1.165, 1.54) is 22.2 Å². The summed E-state index contributed by atoms with van der Waals surface area (Å²) < 4.78 is 3.80. The molecule has 0 spiro atoms. The van der Waals surface area contributed by atoms with Gasteiger partial charge in [-0.15, -0.1) is 0 Å². The number of allylic oxidation sites excluding steroid dienone is 2. The first kappa shape index (κ1) is 26.2. The summed E-state index contributed by atoms with van der Waals surface area (Å²) >= 11 is 0. The number of nitrogens with two attached hydrogens (primary N) is 1. The van der Waals surface area contributed by atoms with Crippen molar-refractivity contribution in [1.29, 1.82) is 0 Å². The number of aliphatic imine (C=N–C) groups is 2. The maximum Gasteiger partial charge on any atom is 0.153 e. The number of aromatic nitrogens is 4. The Morgan fingerprint density at radius 3 is 2.82 bits per heavy atom. The van der Waals surface area contributed by atoms with Crippen LogP contribution >= 0.6 is 0 Å². The topological polar surface area (TPSA) is 98.4 Å². The molecule has 8 nitrogen and oxygen atoms in total. The predicted octanol–water partition coefficient (Wildman–Crippen LogP) is 5.56. The van der Waals surface area contributed by atoms with E-state index in [9.17, 15) is 0 Å². The number of hydrogen-bond acceptors (Lipinski definition) is 6. The number of anilines is 1. The van der Waals surface area contributed by atoms with Crippen molar-refractivity contribution in [2.75, 3.05) is 11.9 Å². The predicted molar refractivity (Wildman–Crippen MR) is 161 cm³/mol. The van der Waals surface area contributed by atoms with Gasteiger partial charge in [0.25, 0.3) is 0 Å². The molecule has 3 heterocycles. The van der Waals surface area contributed by atoms with Crippen LogP contribution in [-0.2, 0) is 20.5 Å². The number of hydrogen-bond donors (Lipinski definition) is 2. The lowest BCUT2D eigenvalue weighted by Crippen LogP contribution is -2.07. The summed E-state index contributed by atoms with van der Waals surface area (Å²) in [5, 5.41) is 13.9. The van der Waals surface area contributed by atoms with Crippen molar-refractivity contribution in [2.24, 2.45) is 29.8 Å². The second-order valence-corrected chi connectivity index (χ2v) is 10.1. The molecule has 1 atom stereocenters. The van der Waals surface area contributed by atoms with Crippen LogP contribution in [0.3, 0.4) is 0 Å². The van der Waals surface area contributed by atoms with Crippen molar-refractivity contribution in [1.82, 2.24) is 19.6 Å². The monoisotopic (exact) mass is 520 g/mol. The van der Waals surface area contributed by atoms with E-state index in [0.29, 0.717) is 0 Å². The molecule has 0 radical (unpaired) electrons. The Kier molecular flexibility index (Phi) is 7.72. The average molecular weight is 521 g/mol. The molecule has 0 saturated heterocycles. The van der Waals surface area contributed by atoms with Gasteiger partial charge in [-0.3, -0.25) is 14.4 Å². The molecule has 8 heteroatoms. The Morgan fingerprint density at radius 2 is 2.05 bits per heavy atom. The first-order valence-electron chi connectivity index (χ1n) is 13.5. The molecule has 39 heavy (non-hydrogen) atoms. The summed E-state index contributed by atoms with van der Waals surface area (Å²) in [5.74, 6) is 1.87. The van der Waals surface area contributed by atoms with Crippen LogP contribution in [0.25, 0.3) is 16.5 Å². The minimum absolute atomic E-state index is 0.284. The fourth-order valence-corrected chi connectivity index (χ4v) is 5.10. The smallest absolute Gasteiger partial charge is 0.153 e. The van der Waals surface area contributed by atoms with Gasteiger partial charge in [0.1, 0.15) is 5.82 Å². The highest BCUT2D eigenvalue weighted by molar-refractivity contribution is 6.09. The average Bonchev–Trinajstić information content (AvgIpc) is 3.48. The van der Waals surface area contributed by atoms with Gasteiger partial charge in [-0.05, 0) is 53.2 Å². The minimum Gasteiger partial charge on any atom is -0.404 e. The van der Waals surface area contributed by atoms with Gasteiger partial charge < -0.3 is 11.1 Å². The molecule has 4 aromatic rings. The van der Waals surface area contributed by atoms with E-state index >= 15 is 0 Å². The quantitative estimate of drug-likeness (QED) is 0.297. The van der Waals surface area contributed by atoms with Crippen molar-refractivity contribution in [2.45, 2.75) is 39.0 Å². The van der Waals surface area contributed by atoms with Crippen molar-refractivity contribution in [3.8, 4) is 0 Å². The molecule has 0 bridgehead atoms. The molecule has 5 rings (SSSR count). The van der Waals surface area contributed by atoms with Crippen LogP contribution in [0.2, 0.25) is 0 Å². The van der Waals surface area contributed by atoms with E-state index in [0.717, 1.165) is 59.7 Å². The third kappa shape index (κ3) is 5.70. The second-order valence-electron chi connectivity index (χ2n) is 10.1. The van der Waals surface area contributed by atoms with E-state index in [4.69, 9.17) is 15.8 Å². The Balaban J connectivity index is 1.49. The number of fused-ring (bicyclic) bond motifs is 3. The third-order valence-corrected chi connectivity index (χ3v) is 7.06. The Morgan fingerprint density at radius 1 is 1.18 bits per heavy atom. The molecular formula is C31H36N8. The van der Waals surface area contributed by atoms with Crippen LogP contribution in [0.15, 0.2) is 76.7 Å². The van der Waals surface area contributed by atoms with Gasteiger partial charge in [0.15, 0.2) is 5.82 Å². The summed E-state index contributed by atoms with van der Waals surface area (Å²) in [6.07, 6.45) is 12.1. The van der Waals surface area contributed by atoms with E-state index in [-0.39, 0.29) is 5.92 Å². The van der Waals surface area contributed by atoms with Gasteiger partial charge in [-0.25, -0.2) is 4.99 Å². The molecule has 0 saturated carbocycles. The molecular weight excluding hydrogens is 484 g/mol. The molecule has 0 aliphatic carbocycles. The minimum atomic E-state index is 0.284. The summed E-state index contributed by atoms with van der Waals surface area (Å²) in [7, 11) is 3.94. The molecule has 2 aromatic carbocycles. The van der Waals surface area contributed by atoms with Crippen LogP contribution in [0, 0.1) is 0 Å². The van der Waals surface area contributed by atoms with Crippen molar-refractivity contribution in [3.05, 3.63) is 94.7 Å². The SMILES string of the molecule is CCCN=CC(=CN)c1cccc(Cc2c3c4c(ccc3nn2C)/C=N\C(Nc2ccn(C)n2)=C\CC4C)c1. The zero-order chi connectivity index (χ0) is 27.4. The van der Waals surface area contributed by atoms with Crippen LogP contribution in [0.1, 0.15) is 60.6 Å². The molecule has 1 aliphatic rings. The maximum atomic E-state index is 5.95. The highest BCUT2D eigenvalue weighted by Crippen LogP contribution is 2.35. The number of nitrogens with one attached hydrogen (secondary N) is 1. The van der Waals surface area contributed by atoms with Crippen molar-refractivity contribution < 1.29 is 0 Å². The van der Waals surface area contributed by atoms with Crippen LogP contribution in [-0.4, -0.2) is 38.5 Å². The lowest BCUT2D eigenvalue weighted by Gasteiger charge is -2.18. The highest BCUT2D eigenvalue weighted by Gasteiger charge is 2.21. The Hall–Kier alpha value is -4.46. The Bertz CT molecular complexity index is 1600. The lowest BCUT2D eigenvalue weighted by molar-refractivity contribution is 0.732. The molecule has 3 N–H and O–H groups in total. The summed E-state index contributed by atoms with van der Waals surface area (Å²) in [6, 6.07) is 14.7. The van der Waals surface area contributed by atoms with E-state index in [2.05, 4.69) is 71.7 Å². The molecule has 1 unspecified atom stereocenters. The van der Waals surface area contributed by atoms with Crippen LogP contribution in [0.4, 0.5) is 5.82 Å². The first-order valence-corrected chi connectivity index (χ1v) is 13.5. The summed E-state index contributed by atoms with van der Waals surface area (Å²) in [5.41, 5.74) is 13.7. The normalized spacial score (nSPS) is 18.0. The lowest BCUT2D eigenvalue weighted by atomic mass is 9.88. The largest absolute Gasteiger partial charge is 0.404 e. The molecule has 1 aliphatic heterocycles. The van der Waals surface area contributed by atoms with Crippen molar-refractivity contribution >= 4 is 34.7 Å². The van der Waals surface area contributed by atoms with E-state index < -0.39 is 0 Å². The first-order chi connectivity index (χ1) is 19.0. The van der Waals surface area contributed by atoms with Gasteiger partial charge in [-0.1, -0.05) is 44.2 Å². The number of aryl methyl sites for hydroxylation is 2. The van der Waals surface area contributed by atoms with Crippen molar-refractivity contribution in [3.63, 3.8) is 0 Å². The summed E-state index contributed by atoms with van der Waals surface area (Å²) in [6.45, 7) is 5.18. The van der Waals surface area contributed by atoms with Gasteiger partial charge in [0.2, 0.25) is 0 Å². The summed E-state index contributed by atoms with van der Waals surface area (Å²) in [4.78, 5) is 9.27. The zero-order valence-corrected chi connectivity index (χ0v) is 23.1. The van der Waals surface area contributed by atoms with Gasteiger partial charge >= 0.3 is 0 Å². The second kappa shape index (κ2) is 11.5. The highest BCUT2D eigenvalue weighted by atomic mass is 15.3. The Labute approximate surface area is 229 Å². The fourth-order valence-electron chi connectivity index (χ4n) is 5.10. The molecule has 0 fully saturated rings. The van der Waals surface area contributed by atoms with E-state index in [1.54, 1.807) is 10.9 Å². The van der Waals surface area contributed by atoms with Gasteiger partial charge in [0.05, 0.1) is 11.2 Å². The van der Waals surface area contributed by atoms with Gasteiger partial charge in [-0.2, -0.15) is 10.2 Å². The molecule has 2 aromatic heterocycles. The zero-order valence-electron chi connectivity index (χ0n) is 23.1. The fraction of sp³-hybridized carbons (Fsp3) is 0.290.